The van der Waals surface area contributed by atoms with Crippen LogP contribution in [0.5, 0.6) is 0 Å². The van der Waals surface area contributed by atoms with Gasteiger partial charge in [0.1, 0.15) is 6.17 Å². The van der Waals surface area contributed by atoms with Crippen LogP contribution in [-0.2, 0) is 5.79 Å². The van der Waals surface area contributed by atoms with Crippen LogP contribution in [-0.4, -0.2) is 33.3 Å². The smallest absolute Gasteiger partial charge is 0.359 e. The predicted molar refractivity (Wildman–Crippen MR) is 104 cm³/mol. The van der Waals surface area contributed by atoms with Crippen molar-refractivity contribution in [1.82, 2.24) is 4.98 Å². The van der Waals surface area contributed by atoms with Crippen LogP contribution in [0.1, 0.15) is 28.4 Å². The first-order chi connectivity index (χ1) is 14.8. The fraction of sp³-hybridized carbons (Fsp3) is 0.238. The summed E-state index contributed by atoms with van der Waals surface area (Å²) in [5.74, 6) is -4.43. The van der Waals surface area contributed by atoms with Crippen molar-refractivity contribution in [3.05, 3.63) is 70.9 Å². The lowest BCUT2D eigenvalue weighted by molar-refractivity contribution is -0.357. The summed E-state index contributed by atoms with van der Waals surface area (Å²) in [5.41, 5.74) is -2.81. The van der Waals surface area contributed by atoms with Crippen molar-refractivity contribution in [3.63, 3.8) is 0 Å². The number of halogens is 6. The van der Waals surface area contributed by atoms with Gasteiger partial charge in [-0.25, -0.2) is 0 Å². The molecule has 0 aliphatic carbocycles. The molecule has 5 nitrogen and oxygen atoms in total. The number of nitrogens with one attached hydrogen (secondary N) is 1. The van der Waals surface area contributed by atoms with Gasteiger partial charge in [0.2, 0.25) is 0 Å². The first-order valence-corrected chi connectivity index (χ1v) is 9.23. The number of nitrogens with zero attached hydrogens (tertiary/aromatic N) is 2. The lowest BCUT2D eigenvalue weighted by atomic mass is 9.92. The first kappa shape index (κ1) is 22.0. The number of hydrogen-bond acceptors (Lipinski definition) is 5. The van der Waals surface area contributed by atoms with Crippen LogP contribution >= 0.6 is 0 Å². The molecule has 32 heavy (non-hydrogen) atoms. The van der Waals surface area contributed by atoms with Gasteiger partial charge in [0.25, 0.3) is 5.79 Å². The Bertz CT molecular complexity index is 1220. The number of fused-ring (bicyclic) bond motifs is 3. The summed E-state index contributed by atoms with van der Waals surface area (Å²) in [6, 6.07) is 9.53. The summed E-state index contributed by atoms with van der Waals surface area (Å²) in [6.45, 7) is 1.80. The highest BCUT2D eigenvalue weighted by Gasteiger charge is 2.56. The number of aliphatic imine (C=N–C) groups is 1. The monoisotopic (exact) mass is 455 g/mol. The summed E-state index contributed by atoms with van der Waals surface area (Å²) in [6.07, 6.45) is -10.7. The molecule has 3 aromatic rings. The highest BCUT2D eigenvalue weighted by molar-refractivity contribution is 6.15. The van der Waals surface area contributed by atoms with Gasteiger partial charge in [-0.15, -0.1) is 0 Å². The van der Waals surface area contributed by atoms with Gasteiger partial charge in [-0.2, -0.15) is 26.3 Å². The minimum Gasteiger partial charge on any atom is -0.359 e. The molecule has 0 bridgehead atoms. The van der Waals surface area contributed by atoms with Crippen molar-refractivity contribution in [2.45, 2.75) is 31.2 Å². The molecular weight excluding hydrogens is 440 g/mol. The molecule has 0 radical (unpaired) electrons. The summed E-state index contributed by atoms with van der Waals surface area (Å²) < 4.78 is 81.7. The van der Waals surface area contributed by atoms with Crippen LogP contribution < -0.4 is 5.32 Å². The zero-order valence-electron chi connectivity index (χ0n) is 16.3. The molecule has 1 aromatic heterocycles. The Morgan fingerprint density at radius 1 is 0.969 bits per heavy atom. The quantitative estimate of drug-likeness (QED) is 0.386. The van der Waals surface area contributed by atoms with Crippen LogP contribution in [0.15, 0.2) is 53.7 Å². The molecule has 168 valence electrons. The van der Waals surface area contributed by atoms with Crippen molar-refractivity contribution in [2.75, 3.05) is 5.32 Å². The molecule has 0 spiro atoms. The number of alkyl halides is 6. The summed E-state index contributed by atoms with van der Waals surface area (Å²) in [4.78, 5) is 7.49. The molecule has 11 heteroatoms. The van der Waals surface area contributed by atoms with E-state index in [1.165, 1.54) is 12.1 Å². The van der Waals surface area contributed by atoms with Crippen molar-refractivity contribution in [2.24, 2.45) is 4.99 Å². The number of aromatic nitrogens is 1. The van der Waals surface area contributed by atoms with Gasteiger partial charge >= 0.3 is 12.4 Å². The largest absolute Gasteiger partial charge is 0.447 e. The van der Waals surface area contributed by atoms with Crippen LogP contribution in [0.4, 0.5) is 32.0 Å². The molecule has 2 aromatic carbocycles. The average molecular weight is 455 g/mol. The Balaban J connectivity index is 2.02. The molecule has 1 aliphatic heterocycles. The Labute approximate surface area is 177 Å². The van der Waals surface area contributed by atoms with Crippen molar-refractivity contribution in [1.29, 1.82) is 0 Å². The number of rotatable bonds is 2. The summed E-state index contributed by atoms with van der Waals surface area (Å²) >= 11 is 0. The number of aliphatic hydroxyl groups is 2. The van der Waals surface area contributed by atoms with E-state index >= 15 is 0 Å². The minimum atomic E-state index is -5.59. The molecule has 4 rings (SSSR count). The number of pyridine rings is 1. The maximum atomic E-state index is 13.9. The fourth-order valence-corrected chi connectivity index (χ4v) is 3.51. The second-order valence-electron chi connectivity index (χ2n) is 7.35. The first-order valence-electron chi connectivity index (χ1n) is 9.23. The Hall–Kier alpha value is -3.18. The van der Waals surface area contributed by atoms with E-state index in [4.69, 9.17) is 0 Å². The summed E-state index contributed by atoms with van der Waals surface area (Å²) in [7, 11) is 0. The Morgan fingerprint density at radius 3 is 2.22 bits per heavy atom. The Morgan fingerprint density at radius 2 is 1.62 bits per heavy atom. The molecule has 0 fully saturated rings. The molecule has 0 saturated carbocycles. The molecule has 1 atom stereocenters. The van der Waals surface area contributed by atoms with Gasteiger partial charge in [0, 0.05) is 22.7 Å². The molecule has 0 saturated heterocycles. The average Bonchev–Trinajstić information content (AvgIpc) is 2.71. The van der Waals surface area contributed by atoms with Crippen LogP contribution in [0, 0.1) is 6.92 Å². The zero-order chi connectivity index (χ0) is 23.5. The second-order valence-corrected chi connectivity index (χ2v) is 7.35. The van der Waals surface area contributed by atoms with E-state index in [2.05, 4.69) is 15.3 Å². The highest BCUT2D eigenvalue weighted by Crippen LogP contribution is 2.45. The SMILES string of the molecule is Cc1ccc(C2N=C(C(F)(F)F)c3cc(C(O)(O)C(F)(F)F)c4ncccc4c3N2)cc1. The molecule has 1 aliphatic rings. The summed E-state index contributed by atoms with van der Waals surface area (Å²) in [5, 5.41) is 22.3. The van der Waals surface area contributed by atoms with Crippen molar-refractivity contribution < 1.29 is 36.6 Å². The van der Waals surface area contributed by atoms with Crippen LogP contribution in [0.3, 0.4) is 0 Å². The number of hydrogen-bond donors (Lipinski definition) is 3. The molecule has 3 N–H and O–H groups in total. The van der Waals surface area contributed by atoms with Crippen LogP contribution in [0.2, 0.25) is 0 Å². The van der Waals surface area contributed by atoms with Gasteiger partial charge in [0.15, 0.2) is 5.71 Å². The van der Waals surface area contributed by atoms with Gasteiger partial charge in [0.05, 0.1) is 11.2 Å². The third kappa shape index (κ3) is 3.56. The molecular formula is C21H15F6N3O2. The van der Waals surface area contributed by atoms with Crippen molar-refractivity contribution in [3.8, 4) is 0 Å². The molecule has 0 amide bonds. The van der Waals surface area contributed by atoms with E-state index in [0.717, 1.165) is 11.8 Å². The normalized spacial score (nSPS) is 17.0. The van der Waals surface area contributed by atoms with Gasteiger partial charge in [-0.1, -0.05) is 29.8 Å². The minimum absolute atomic E-state index is 0.148. The van der Waals surface area contributed by atoms with E-state index in [0.29, 0.717) is 11.6 Å². The third-order valence-corrected chi connectivity index (χ3v) is 5.12. The lowest BCUT2D eigenvalue weighted by Gasteiger charge is -2.31. The van der Waals surface area contributed by atoms with Gasteiger partial charge in [-0.05, 0) is 30.7 Å². The van der Waals surface area contributed by atoms with Crippen molar-refractivity contribution >= 4 is 22.3 Å². The third-order valence-electron chi connectivity index (χ3n) is 5.12. The topological polar surface area (TPSA) is 77.7 Å². The van der Waals surface area contributed by atoms with E-state index in [1.54, 1.807) is 31.2 Å². The second kappa shape index (κ2) is 7.17. The maximum Gasteiger partial charge on any atom is 0.447 e. The van der Waals surface area contributed by atoms with E-state index in [1.807, 2.05) is 0 Å². The van der Waals surface area contributed by atoms with E-state index < -0.39 is 46.7 Å². The zero-order valence-corrected chi connectivity index (χ0v) is 16.3. The fourth-order valence-electron chi connectivity index (χ4n) is 3.51. The maximum absolute atomic E-state index is 13.9. The lowest BCUT2D eigenvalue weighted by Crippen LogP contribution is -2.43. The molecule has 2 heterocycles. The van der Waals surface area contributed by atoms with E-state index in [-0.39, 0.29) is 11.1 Å². The highest BCUT2D eigenvalue weighted by atomic mass is 19.4. The predicted octanol–water partition coefficient (Wildman–Crippen LogP) is 4.72. The van der Waals surface area contributed by atoms with Crippen LogP contribution in [0.25, 0.3) is 10.9 Å². The molecule has 1 unspecified atom stereocenters. The number of benzene rings is 2. The number of aryl methyl sites for hydroxylation is 1. The van der Waals surface area contributed by atoms with Gasteiger partial charge in [-0.3, -0.25) is 9.98 Å². The Kier molecular flexibility index (Phi) is 4.94. The van der Waals surface area contributed by atoms with E-state index in [9.17, 15) is 36.6 Å². The standard InChI is InChI=1S/C21H15F6N3O2/c1-10-4-6-11(7-5-10)18-29-15-12-3-2-8-28-16(12)14(19(31,32)21(25,26)27)9-13(15)17(30-18)20(22,23)24/h2-9,18,29,31-32H,1H3. The number of anilines is 1. The van der Waals surface area contributed by atoms with Gasteiger partial charge < -0.3 is 15.5 Å².